The molecule has 0 saturated carbocycles. The van der Waals surface area contributed by atoms with Crippen LogP contribution >= 0.6 is 0 Å². The van der Waals surface area contributed by atoms with Crippen LogP contribution in [0, 0.1) is 5.92 Å². The van der Waals surface area contributed by atoms with E-state index in [2.05, 4.69) is 28.2 Å². The van der Waals surface area contributed by atoms with E-state index in [-0.39, 0.29) is 0 Å². The molecule has 3 nitrogen and oxygen atoms in total. The lowest BCUT2D eigenvalue weighted by atomic mass is 10.2. The van der Waals surface area contributed by atoms with Gasteiger partial charge in [-0.2, -0.15) is 0 Å². The Bertz CT molecular complexity index is 324. The second kappa shape index (κ2) is 4.62. The number of pyridine rings is 1. The number of anilines is 1. The second-order valence-corrected chi connectivity index (χ2v) is 4.39. The van der Waals surface area contributed by atoms with Gasteiger partial charge >= 0.3 is 0 Å². The summed E-state index contributed by atoms with van der Waals surface area (Å²) in [5.41, 5.74) is 1.30. The van der Waals surface area contributed by atoms with Crippen LogP contribution in [-0.2, 0) is 6.54 Å². The summed E-state index contributed by atoms with van der Waals surface area (Å²) >= 11 is 0. The maximum atomic E-state index is 4.32. The van der Waals surface area contributed by atoms with E-state index < -0.39 is 0 Å². The minimum absolute atomic E-state index is 0.847. The summed E-state index contributed by atoms with van der Waals surface area (Å²) in [6, 6.07) is 4.16. The van der Waals surface area contributed by atoms with Gasteiger partial charge in [-0.25, -0.2) is 4.98 Å². The first-order chi connectivity index (χ1) is 7.29. The highest BCUT2D eigenvalue weighted by Gasteiger charge is 2.19. The van der Waals surface area contributed by atoms with Crippen molar-refractivity contribution in [3.63, 3.8) is 0 Å². The van der Waals surface area contributed by atoms with Gasteiger partial charge in [0.05, 0.1) is 0 Å². The van der Waals surface area contributed by atoms with Crippen LogP contribution in [0.15, 0.2) is 18.3 Å². The predicted octanol–water partition coefficient (Wildman–Crippen LogP) is 1.97. The van der Waals surface area contributed by atoms with Crippen molar-refractivity contribution < 1.29 is 0 Å². The van der Waals surface area contributed by atoms with Crippen molar-refractivity contribution in [1.82, 2.24) is 9.88 Å². The third-order valence-corrected chi connectivity index (χ3v) is 3.03. The number of hydrogen-bond donors (Lipinski definition) is 1. The van der Waals surface area contributed by atoms with E-state index in [4.69, 9.17) is 0 Å². The van der Waals surface area contributed by atoms with E-state index in [1.165, 1.54) is 25.1 Å². The molecule has 15 heavy (non-hydrogen) atoms. The van der Waals surface area contributed by atoms with Gasteiger partial charge in [0, 0.05) is 31.9 Å². The number of likely N-dealkylation sites (tertiary alicyclic amines) is 1. The molecular formula is C12H19N3. The molecule has 2 heterocycles. The molecule has 0 radical (unpaired) electrons. The lowest BCUT2D eigenvalue weighted by Crippen LogP contribution is -2.20. The molecule has 1 atom stereocenters. The van der Waals surface area contributed by atoms with Crippen LogP contribution in [0.4, 0.5) is 5.82 Å². The lowest BCUT2D eigenvalue weighted by molar-refractivity contribution is 0.320. The Hall–Kier alpha value is -1.09. The van der Waals surface area contributed by atoms with E-state index >= 15 is 0 Å². The van der Waals surface area contributed by atoms with E-state index in [9.17, 15) is 0 Å². The molecule has 1 aromatic heterocycles. The fourth-order valence-corrected chi connectivity index (χ4v) is 2.20. The topological polar surface area (TPSA) is 28.2 Å². The Labute approximate surface area is 91.5 Å². The molecule has 0 spiro atoms. The summed E-state index contributed by atoms with van der Waals surface area (Å²) in [5.74, 6) is 1.86. The molecule has 1 aliphatic heterocycles. The van der Waals surface area contributed by atoms with Crippen LogP contribution in [0.3, 0.4) is 0 Å². The van der Waals surface area contributed by atoms with Crippen molar-refractivity contribution in [2.75, 3.05) is 25.5 Å². The van der Waals surface area contributed by atoms with Crippen molar-refractivity contribution >= 4 is 5.82 Å². The van der Waals surface area contributed by atoms with E-state index in [0.717, 1.165) is 18.3 Å². The van der Waals surface area contributed by atoms with E-state index in [0.29, 0.717) is 0 Å². The summed E-state index contributed by atoms with van der Waals surface area (Å²) in [4.78, 5) is 6.82. The van der Waals surface area contributed by atoms with Gasteiger partial charge in [0.15, 0.2) is 0 Å². The summed E-state index contributed by atoms with van der Waals surface area (Å²) < 4.78 is 0. The molecule has 82 valence electrons. The van der Waals surface area contributed by atoms with Crippen LogP contribution in [-0.4, -0.2) is 30.0 Å². The van der Waals surface area contributed by atoms with Crippen molar-refractivity contribution in [3.05, 3.63) is 23.9 Å². The molecule has 1 aromatic rings. The molecule has 0 amide bonds. The molecule has 0 bridgehead atoms. The smallest absolute Gasteiger partial charge is 0.130 e. The number of nitrogens with one attached hydrogen (secondary N) is 1. The molecule has 0 aliphatic carbocycles. The summed E-state index contributed by atoms with van der Waals surface area (Å²) in [7, 11) is 1.93. The fourth-order valence-electron chi connectivity index (χ4n) is 2.20. The average molecular weight is 205 g/mol. The zero-order chi connectivity index (χ0) is 10.7. The Kier molecular flexibility index (Phi) is 3.21. The van der Waals surface area contributed by atoms with Gasteiger partial charge in [0.25, 0.3) is 0 Å². The van der Waals surface area contributed by atoms with Crippen molar-refractivity contribution in [1.29, 1.82) is 0 Å². The molecular weight excluding hydrogens is 186 g/mol. The number of aromatic nitrogens is 1. The van der Waals surface area contributed by atoms with Gasteiger partial charge in [-0.15, -0.1) is 0 Å². The minimum Gasteiger partial charge on any atom is -0.373 e. The van der Waals surface area contributed by atoms with Gasteiger partial charge in [0.1, 0.15) is 5.82 Å². The molecule has 1 N–H and O–H groups in total. The fraction of sp³-hybridized carbons (Fsp3) is 0.583. The number of nitrogens with zero attached hydrogens (tertiary/aromatic N) is 2. The minimum atomic E-state index is 0.847. The molecule has 1 aliphatic rings. The third kappa shape index (κ3) is 2.48. The molecule has 1 fully saturated rings. The lowest BCUT2D eigenvalue weighted by Gasteiger charge is -2.16. The van der Waals surface area contributed by atoms with Gasteiger partial charge in [-0.3, -0.25) is 4.90 Å². The molecule has 1 unspecified atom stereocenters. The first-order valence-corrected chi connectivity index (χ1v) is 5.63. The predicted molar refractivity (Wildman–Crippen MR) is 62.8 cm³/mol. The Morgan fingerprint density at radius 1 is 1.60 bits per heavy atom. The first kappa shape index (κ1) is 10.4. The monoisotopic (exact) mass is 205 g/mol. The standard InChI is InChI=1S/C12H19N3/c1-10-5-7-15(8-10)9-11-4-3-6-14-12(11)13-2/h3-4,6,10H,5,7-9H2,1-2H3,(H,13,14). The average Bonchev–Trinajstić information content (AvgIpc) is 2.65. The molecule has 1 saturated heterocycles. The highest BCUT2D eigenvalue weighted by atomic mass is 15.1. The van der Waals surface area contributed by atoms with Crippen LogP contribution in [0.2, 0.25) is 0 Å². The van der Waals surface area contributed by atoms with Crippen LogP contribution in [0.5, 0.6) is 0 Å². The maximum absolute atomic E-state index is 4.32. The van der Waals surface area contributed by atoms with E-state index in [1.807, 2.05) is 19.3 Å². The Morgan fingerprint density at radius 3 is 3.13 bits per heavy atom. The van der Waals surface area contributed by atoms with Crippen LogP contribution in [0.1, 0.15) is 18.9 Å². The maximum Gasteiger partial charge on any atom is 0.130 e. The quantitative estimate of drug-likeness (QED) is 0.817. The summed E-state index contributed by atoms with van der Waals surface area (Å²) in [6.45, 7) is 5.79. The van der Waals surface area contributed by atoms with Crippen LogP contribution in [0.25, 0.3) is 0 Å². The Balaban J connectivity index is 2.04. The van der Waals surface area contributed by atoms with Gasteiger partial charge in [-0.1, -0.05) is 13.0 Å². The second-order valence-electron chi connectivity index (χ2n) is 4.39. The first-order valence-electron chi connectivity index (χ1n) is 5.63. The van der Waals surface area contributed by atoms with Gasteiger partial charge in [0.2, 0.25) is 0 Å². The Morgan fingerprint density at radius 2 is 2.47 bits per heavy atom. The molecule has 2 rings (SSSR count). The van der Waals surface area contributed by atoms with Gasteiger partial charge in [-0.05, 0) is 24.9 Å². The number of rotatable bonds is 3. The van der Waals surface area contributed by atoms with Gasteiger partial charge < -0.3 is 5.32 Å². The van der Waals surface area contributed by atoms with Crippen molar-refractivity contribution in [3.8, 4) is 0 Å². The van der Waals surface area contributed by atoms with Crippen molar-refractivity contribution in [2.24, 2.45) is 5.92 Å². The molecule has 0 aromatic carbocycles. The summed E-state index contributed by atoms with van der Waals surface area (Å²) in [6.07, 6.45) is 3.16. The van der Waals surface area contributed by atoms with Crippen LogP contribution < -0.4 is 5.32 Å². The molecule has 3 heteroatoms. The number of hydrogen-bond acceptors (Lipinski definition) is 3. The highest BCUT2D eigenvalue weighted by molar-refractivity contribution is 5.42. The van der Waals surface area contributed by atoms with Crippen molar-refractivity contribution in [2.45, 2.75) is 19.9 Å². The summed E-state index contributed by atoms with van der Waals surface area (Å²) in [5, 5.41) is 3.14. The van der Waals surface area contributed by atoms with E-state index in [1.54, 1.807) is 0 Å². The third-order valence-electron chi connectivity index (χ3n) is 3.03. The highest BCUT2D eigenvalue weighted by Crippen LogP contribution is 2.20. The normalized spacial score (nSPS) is 21.9. The zero-order valence-electron chi connectivity index (χ0n) is 9.53. The largest absolute Gasteiger partial charge is 0.373 e. The zero-order valence-corrected chi connectivity index (χ0v) is 9.53. The SMILES string of the molecule is CNc1ncccc1CN1CCC(C)C1.